The van der Waals surface area contributed by atoms with Gasteiger partial charge in [-0.15, -0.1) is 0 Å². The highest BCUT2D eigenvalue weighted by Gasteiger charge is 2.46. The van der Waals surface area contributed by atoms with Gasteiger partial charge in [-0.25, -0.2) is 0 Å². The Kier molecular flexibility index (Phi) is 10.2. The van der Waals surface area contributed by atoms with Crippen LogP contribution in [-0.2, 0) is 12.8 Å². The molecule has 0 saturated heterocycles. The Morgan fingerprint density at radius 2 is 1.03 bits per heavy atom. The minimum absolute atomic E-state index is 0.148. The molecule has 2 aliphatic heterocycles. The Hall–Kier alpha value is -7.56. The summed E-state index contributed by atoms with van der Waals surface area (Å²) in [5.41, 5.74) is 22.6. The fourth-order valence-corrected chi connectivity index (χ4v) is 10.7. The van der Waals surface area contributed by atoms with Crippen LogP contribution in [0, 0.1) is 0 Å². The quantitative estimate of drug-likeness (QED) is 0.121. The Morgan fingerprint density at radius 3 is 1.76 bits per heavy atom. The van der Waals surface area contributed by atoms with Gasteiger partial charge in [0.05, 0.1) is 5.69 Å². The molecule has 0 unspecified atom stereocenters. The number of rotatable bonds is 11. The van der Waals surface area contributed by atoms with Crippen molar-refractivity contribution in [2.75, 3.05) is 9.71 Å². The van der Waals surface area contributed by atoms with Gasteiger partial charge in [-0.1, -0.05) is 166 Å². The van der Waals surface area contributed by atoms with E-state index in [0.29, 0.717) is 0 Å². The number of benzene rings is 9. The molecule has 4 heteroatoms. The molecule has 1 aromatic heterocycles. The Morgan fingerprint density at radius 1 is 0.409 bits per heavy atom. The average Bonchev–Trinajstić information content (AvgIpc) is 3.75. The third kappa shape index (κ3) is 6.83. The summed E-state index contributed by atoms with van der Waals surface area (Å²) in [4.78, 5) is 5.21. The van der Waals surface area contributed by atoms with Gasteiger partial charge >= 0.3 is 6.85 Å². The SMILES string of the molecule is CCCCc1ccc(N2B3c4cc5c(cc4N(c4ccc(CCCC)cc4-c4ccccc4)c4cc(-c6ccccc6)cc(c43)-c3cc(-c4ccccc4)ccc32)oc2ccccc25)cc1. The summed E-state index contributed by atoms with van der Waals surface area (Å²) in [5, 5.41) is 2.27. The van der Waals surface area contributed by atoms with Crippen molar-refractivity contribution in [1.82, 2.24) is 0 Å². The van der Waals surface area contributed by atoms with Crippen LogP contribution >= 0.6 is 0 Å². The summed E-state index contributed by atoms with van der Waals surface area (Å²) in [6, 6.07) is 74.8. The third-order valence-electron chi connectivity index (χ3n) is 14.0. The molecule has 0 spiro atoms. The second kappa shape index (κ2) is 16.8. The van der Waals surface area contributed by atoms with Crippen LogP contribution in [0.1, 0.15) is 50.7 Å². The summed E-state index contributed by atoms with van der Waals surface area (Å²) < 4.78 is 6.80. The molecule has 0 saturated carbocycles. The molecule has 0 amide bonds. The molecule has 12 rings (SSSR count). The van der Waals surface area contributed by atoms with Crippen molar-refractivity contribution >= 4 is 68.1 Å². The molecule has 0 fully saturated rings. The molecular formula is C62H51BN2O. The van der Waals surface area contributed by atoms with Gasteiger partial charge in [-0.3, -0.25) is 0 Å². The molecule has 318 valence electrons. The molecule has 0 aliphatic carbocycles. The maximum atomic E-state index is 6.80. The maximum Gasteiger partial charge on any atom is 0.333 e. The van der Waals surface area contributed by atoms with Crippen molar-refractivity contribution in [1.29, 1.82) is 0 Å². The van der Waals surface area contributed by atoms with E-state index in [1.54, 1.807) is 0 Å². The van der Waals surface area contributed by atoms with Gasteiger partial charge in [0.15, 0.2) is 0 Å². The Bertz CT molecular complexity index is 3400. The first kappa shape index (κ1) is 40.0. The largest absolute Gasteiger partial charge is 0.456 e. The highest BCUT2D eigenvalue weighted by atomic mass is 16.3. The number of anilines is 5. The molecule has 3 heterocycles. The van der Waals surface area contributed by atoms with E-state index in [1.807, 2.05) is 0 Å². The topological polar surface area (TPSA) is 19.6 Å². The minimum Gasteiger partial charge on any atom is -0.456 e. The molecule has 0 N–H and O–H groups in total. The summed E-state index contributed by atoms with van der Waals surface area (Å²) in [6.07, 6.45) is 6.78. The van der Waals surface area contributed by atoms with Gasteiger partial charge in [0.25, 0.3) is 0 Å². The van der Waals surface area contributed by atoms with Crippen molar-refractivity contribution < 1.29 is 4.42 Å². The van der Waals surface area contributed by atoms with E-state index in [1.165, 1.54) is 96.5 Å². The zero-order chi connectivity index (χ0) is 44.1. The smallest absolute Gasteiger partial charge is 0.333 e. The van der Waals surface area contributed by atoms with E-state index in [0.717, 1.165) is 59.0 Å². The minimum atomic E-state index is -0.148. The fourth-order valence-electron chi connectivity index (χ4n) is 10.7. The number of hydrogen-bond donors (Lipinski definition) is 0. The zero-order valence-electron chi connectivity index (χ0n) is 37.7. The summed E-state index contributed by atoms with van der Waals surface area (Å²) >= 11 is 0. The van der Waals surface area contributed by atoms with Crippen molar-refractivity contribution in [2.45, 2.75) is 52.4 Å². The number of nitrogens with zero attached hydrogens (tertiary/aromatic N) is 2. The Balaban J connectivity index is 1.21. The zero-order valence-corrected chi connectivity index (χ0v) is 37.7. The third-order valence-corrected chi connectivity index (χ3v) is 14.0. The maximum absolute atomic E-state index is 6.80. The number of furan rings is 1. The second-order valence-electron chi connectivity index (χ2n) is 18.1. The molecule has 2 aliphatic rings. The molecule has 0 bridgehead atoms. The standard InChI is InChI=1S/C62H51BN2O/c1-3-5-18-42-28-32-49(33-29-42)65-57-35-31-47(44-20-10-7-11-21-44)37-52(57)54-38-48(45-22-12-8-13-23-45)39-59-62(54)63(65)55-40-53-50-26-16-17-27-60(50)66-61(53)41-58(55)64(59)56-34-30-43(19-6-4-2)36-51(56)46-24-14-9-15-25-46/h7-17,20-41H,3-6,18-19H2,1-2H3. The van der Waals surface area contributed by atoms with Crippen LogP contribution < -0.4 is 20.6 Å². The van der Waals surface area contributed by atoms with Crippen LogP contribution in [0.2, 0.25) is 0 Å². The van der Waals surface area contributed by atoms with Crippen LogP contribution in [-0.4, -0.2) is 6.85 Å². The molecular weight excluding hydrogens is 800 g/mol. The summed E-state index contributed by atoms with van der Waals surface area (Å²) in [6.45, 7) is 4.40. The van der Waals surface area contributed by atoms with Gasteiger partial charge < -0.3 is 14.1 Å². The normalized spacial score (nSPS) is 12.7. The summed E-state index contributed by atoms with van der Waals surface area (Å²) in [5.74, 6) is 0. The van der Waals surface area contributed by atoms with Gasteiger partial charge in [-0.05, 0) is 136 Å². The van der Waals surface area contributed by atoms with Crippen molar-refractivity contribution in [3.8, 4) is 44.5 Å². The van der Waals surface area contributed by atoms with Crippen molar-refractivity contribution in [2.24, 2.45) is 0 Å². The van der Waals surface area contributed by atoms with Crippen LogP contribution in [0.15, 0.2) is 205 Å². The number of unbranched alkanes of at least 4 members (excludes halogenated alkanes) is 2. The highest BCUT2D eigenvalue weighted by Crippen LogP contribution is 2.51. The van der Waals surface area contributed by atoms with Crippen molar-refractivity contribution in [3.05, 3.63) is 211 Å². The lowest BCUT2D eigenvalue weighted by Gasteiger charge is -2.46. The molecule has 9 aromatic carbocycles. The van der Waals surface area contributed by atoms with Crippen LogP contribution in [0.4, 0.5) is 28.4 Å². The second-order valence-corrected chi connectivity index (χ2v) is 18.1. The van der Waals surface area contributed by atoms with Crippen LogP contribution in [0.25, 0.3) is 66.4 Å². The lowest BCUT2D eigenvalue weighted by Crippen LogP contribution is -2.61. The monoisotopic (exact) mass is 850 g/mol. The van der Waals surface area contributed by atoms with E-state index in [2.05, 4.69) is 224 Å². The molecule has 3 nitrogen and oxygen atoms in total. The molecule has 0 atom stereocenters. The van der Waals surface area contributed by atoms with E-state index in [-0.39, 0.29) is 6.85 Å². The first-order valence-corrected chi connectivity index (χ1v) is 23.9. The van der Waals surface area contributed by atoms with Gasteiger partial charge in [0.2, 0.25) is 0 Å². The number of fused-ring (bicyclic) bond motifs is 7. The molecule has 0 radical (unpaired) electrons. The van der Waals surface area contributed by atoms with Crippen LogP contribution in [0.5, 0.6) is 0 Å². The average molecular weight is 851 g/mol. The number of hydrogen-bond acceptors (Lipinski definition) is 3. The van der Waals surface area contributed by atoms with E-state index >= 15 is 0 Å². The highest BCUT2D eigenvalue weighted by molar-refractivity contribution is 6.93. The lowest BCUT2D eigenvalue weighted by molar-refractivity contribution is 0.669. The fraction of sp³-hybridized carbons (Fsp3) is 0.129. The molecule has 10 aromatic rings. The van der Waals surface area contributed by atoms with Gasteiger partial charge in [0, 0.05) is 50.7 Å². The predicted molar refractivity (Wildman–Crippen MR) is 281 cm³/mol. The van der Waals surface area contributed by atoms with Crippen LogP contribution in [0.3, 0.4) is 0 Å². The van der Waals surface area contributed by atoms with E-state index in [4.69, 9.17) is 4.42 Å². The van der Waals surface area contributed by atoms with Gasteiger partial charge in [-0.2, -0.15) is 0 Å². The first-order valence-electron chi connectivity index (χ1n) is 23.9. The first-order chi connectivity index (χ1) is 32.6. The lowest BCUT2D eigenvalue weighted by atomic mass is 9.43. The van der Waals surface area contributed by atoms with E-state index < -0.39 is 0 Å². The van der Waals surface area contributed by atoms with E-state index in [9.17, 15) is 0 Å². The summed E-state index contributed by atoms with van der Waals surface area (Å²) in [7, 11) is 0. The predicted octanol–water partition coefficient (Wildman–Crippen LogP) is 16.0. The molecule has 66 heavy (non-hydrogen) atoms. The van der Waals surface area contributed by atoms with Gasteiger partial charge in [0.1, 0.15) is 11.2 Å². The Labute approximate surface area is 388 Å². The number of para-hydroxylation sites is 1. The number of aryl methyl sites for hydroxylation is 2. The van der Waals surface area contributed by atoms with Crippen molar-refractivity contribution in [3.63, 3.8) is 0 Å².